The fourth-order valence-electron chi connectivity index (χ4n) is 9.12. The third kappa shape index (κ3) is 3.01. The first-order valence-electron chi connectivity index (χ1n) is 12.8. The molecule has 10 atom stereocenters. The summed E-state index contributed by atoms with van der Waals surface area (Å²) < 4.78 is 6.50. The number of allylic oxidation sites excluding steroid dienone is 2. The molecule has 0 aromatic carbocycles. The van der Waals surface area contributed by atoms with E-state index in [2.05, 4.69) is 40.7 Å². The summed E-state index contributed by atoms with van der Waals surface area (Å²) in [6.45, 7) is 12.0. The highest BCUT2D eigenvalue weighted by Crippen LogP contribution is 2.67. The van der Waals surface area contributed by atoms with E-state index in [-0.39, 0.29) is 16.9 Å². The molecule has 5 rings (SSSR count). The molecule has 0 aromatic rings. The lowest BCUT2D eigenvalue weighted by atomic mass is 9.47. The molecule has 0 amide bonds. The van der Waals surface area contributed by atoms with Crippen molar-refractivity contribution < 1.29 is 14.9 Å². The van der Waals surface area contributed by atoms with E-state index in [1.54, 1.807) is 5.57 Å². The first-order valence-corrected chi connectivity index (χ1v) is 12.8. The Morgan fingerprint density at radius 2 is 1.60 bits per heavy atom. The molecule has 2 N–H and O–H groups in total. The summed E-state index contributed by atoms with van der Waals surface area (Å²) >= 11 is 0. The molecule has 0 unspecified atom stereocenters. The van der Waals surface area contributed by atoms with Crippen molar-refractivity contribution in [3.63, 3.8) is 0 Å². The van der Waals surface area contributed by atoms with E-state index in [1.807, 2.05) is 0 Å². The third-order valence-corrected chi connectivity index (χ3v) is 10.9. The highest BCUT2D eigenvalue weighted by Gasteiger charge is 2.60. The van der Waals surface area contributed by atoms with Crippen molar-refractivity contribution in [3.05, 3.63) is 11.6 Å². The van der Waals surface area contributed by atoms with Crippen LogP contribution in [0.5, 0.6) is 0 Å². The quantitative estimate of drug-likeness (QED) is 0.585. The maximum Gasteiger partial charge on any atom is 0.0835 e. The van der Waals surface area contributed by atoms with Crippen LogP contribution in [0.4, 0.5) is 0 Å². The summed E-state index contributed by atoms with van der Waals surface area (Å²) in [6.07, 6.45) is 12.3. The number of hydrogen-bond acceptors (Lipinski definition) is 3. The van der Waals surface area contributed by atoms with Gasteiger partial charge in [-0.2, -0.15) is 0 Å². The van der Waals surface area contributed by atoms with Crippen LogP contribution in [0.1, 0.15) is 92.4 Å². The molecule has 0 radical (unpaired) electrons. The van der Waals surface area contributed by atoms with Gasteiger partial charge in [0.1, 0.15) is 0 Å². The van der Waals surface area contributed by atoms with Gasteiger partial charge in [0.05, 0.1) is 23.9 Å². The maximum atomic E-state index is 10.8. The normalized spacial score (nSPS) is 53.4. The fourth-order valence-corrected chi connectivity index (χ4v) is 9.12. The highest BCUT2D eigenvalue weighted by molar-refractivity contribution is 5.28. The van der Waals surface area contributed by atoms with E-state index >= 15 is 0 Å². The van der Waals surface area contributed by atoms with Crippen LogP contribution in [0.3, 0.4) is 0 Å². The van der Waals surface area contributed by atoms with Crippen molar-refractivity contribution in [1.29, 1.82) is 0 Å². The lowest BCUT2D eigenvalue weighted by molar-refractivity contribution is -0.125. The molecule has 1 heterocycles. The molecule has 1 aliphatic heterocycles. The van der Waals surface area contributed by atoms with Crippen LogP contribution in [0.15, 0.2) is 11.6 Å². The zero-order valence-electron chi connectivity index (χ0n) is 19.9. The van der Waals surface area contributed by atoms with Crippen LogP contribution < -0.4 is 0 Å². The van der Waals surface area contributed by atoms with E-state index in [0.29, 0.717) is 29.3 Å². The highest BCUT2D eigenvalue weighted by atomic mass is 16.5. The first kappa shape index (κ1) is 21.5. The van der Waals surface area contributed by atoms with Gasteiger partial charge in [-0.15, -0.1) is 0 Å². The van der Waals surface area contributed by atoms with Gasteiger partial charge in [-0.25, -0.2) is 0 Å². The summed E-state index contributed by atoms with van der Waals surface area (Å²) in [6, 6.07) is 0. The Morgan fingerprint density at radius 3 is 2.30 bits per heavy atom. The van der Waals surface area contributed by atoms with Crippen molar-refractivity contribution in [2.24, 2.45) is 40.4 Å². The molecule has 4 fully saturated rings. The Balaban J connectivity index is 1.39. The van der Waals surface area contributed by atoms with Gasteiger partial charge in [-0.3, -0.25) is 0 Å². The third-order valence-electron chi connectivity index (χ3n) is 10.9. The molecule has 0 spiro atoms. The largest absolute Gasteiger partial charge is 0.390 e. The second-order valence-corrected chi connectivity index (χ2v) is 12.8. The van der Waals surface area contributed by atoms with E-state index in [0.717, 1.165) is 25.2 Å². The van der Waals surface area contributed by atoms with Gasteiger partial charge < -0.3 is 14.9 Å². The van der Waals surface area contributed by atoms with Crippen molar-refractivity contribution in [2.45, 2.75) is 116 Å². The molecular formula is C27H44O3. The average molecular weight is 417 g/mol. The van der Waals surface area contributed by atoms with E-state index in [1.165, 1.54) is 38.5 Å². The van der Waals surface area contributed by atoms with Crippen molar-refractivity contribution in [3.8, 4) is 0 Å². The lowest BCUT2D eigenvalue weighted by Gasteiger charge is -2.58. The van der Waals surface area contributed by atoms with E-state index in [4.69, 9.17) is 4.74 Å². The molecule has 1 saturated heterocycles. The molecule has 4 aliphatic carbocycles. The Kier molecular flexibility index (Phi) is 5.05. The molecule has 0 aromatic heterocycles. The van der Waals surface area contributed by atoms with E-state index in [9.17, 15) is 10.2 Å². The Hall–Kier alpha value is -0.380. The number of aliphatic hydroxyl groups excluding tert-OH is 2. The second-order valence-electron chi connectivity index (χ2n) is 12.8. The minimum atomic E-state index is -0.547. The van der Waals surface area contributed by atoms with Gasteiger partial charge in [-0.1, -0.05) is 32.4 Å². The zero-order valence-corrected chi connectivity index (χ0v) is 19.9. The van der Waals surface area contributed by atoms with Crippen LogP contribution >= 0.6 is 0 Å². The van der Waals surface area contributed by atoms with Gasteiger partial charge in [0.25, 0.3) is 0 Å². The standard InChI is InChI=1S/C27H44O3/c1-16(23-12-13-25(2,3)30-23)18-8-9-19-17-6-7-21-24(29)22(28)11-15-27(21,5)20(17)10-14-26(18,19)4/h6,16,18-24,28-29H,7-15H2,1-5H3/t16-,18+,19-,20-,21-,22-,23+,24+,26+,27+/m0/s1. The Morgan fingerprint density at radius 1 is 0.900 bits per heavy atom. The van der Waals surface area contributed by atoms with Crippen molar-refractivity contribution >= 4 is 0 Å². The average Bonchev–Trinajstić information content (AvgIpc) is 3.23. The summed E-state index contributed by atoms with van der Waals surface area (Å²) in [5.41, 5.74) is 2.34. The smallest absolute Gasteiger partial charge is 0.0835 e. The monoisotopic (exact) mass is 416 g/mol. The van der Waals surface area contributed by atoms with Crippen molar-refractivity contribution in [2.75, 3.05) is 0 Å². The summed E-state index contributed by atoms with van der Waals surface area (Å²) in [4.78, 5) is 0. The van der Waals surface area contributed by atoms with Gasteiger partial charge in [-0.05, 0) is 112 Å². The number of aliphatic hydroxyl groups is 2. The Bertz CT molecular complexity index is 713. The van der Waals surface area contributed by atoms with Crippen LogP contribution in [-0.4, -0.2) is 34.1 Å². The van der Waals surface area contributed by atoms with Gasteiger partial charge >= 0.3 is 0 Å². The van der Waals surface area contributed by atoms with Gasteiger partial charge in [0.2, 0.25) is 0 Å². The summed E-state index contributed by atoms with van der Waals surface area (Å²) in [5, 5.41) is 21.0. The molecule has 30 heavy (non-hydrogen) atoms. The molecule has 3 heteroatoms. The number of hydrogen-bond donors (Lipinski definition) is 2. The maximum absolute atomic E-state index is 10.8. The van der Waals surface area contributed by atoms with Gasteiger partial charge in [0, 0.05) is 0 Å². The molecule has 5 aliphatic rings. The molecule has 170 valence electrons. The number of fused-ring (bicyclic) bond motifs is 5. The van der Waals surface area contributed by atoms with Crippen LogP contribution in [0, 0.1) is 40.4 Å². The fraction of sp³-hybridized carbons (Fsp3) is 0.926. The first-order chi connectivity index (χ1) is 14.1. The van der Waals surface area contributed by atoms with Crippen LogP contribution in [-0.2, 0) is 4.74 Å². The molecule has 3 saturated carbocycles. The molecule has 0 bridgehead atoms. The Labute approximate surface area is 183 Å². The lowest BCUT2D eigenvalue weighted by Crippen LogP contribution is -2.55. The second kappa shape index (κ2) is 7.06. The SMILES string of the molecule is C[C@@H]([C@H]1CC[C@H]2C3=CC[C@H]4[C@@H](O)[C@@H](O)CC[C@]4(C)[C@H]3CC[C@]12C)[C@H]1CCC(C)(C)O1. The van der Waals surface area contributed by atoms with Crippen molar-refractivity contribution in [1.82, 2.24) is 0 Å². The van der Waals surface area contributed by atoms with E-state index < -0.39 is 12.2 Å². The predicted molar refractivity (Wildman–Crippen MR) is 120 cm³/mol. The summed E-state index contributed by atoms with van der Waals surface area (Å²) in [7, 11) is 0. The number of rotatable bonds is 2. The minimum Gasteiger partial charge on any atom is -0.390 e. The minimum absolute atomic E-state index is 0.0530. The molecular weight excluding hydrogens is 372 g/mol. The van der Waals surface area contributed by atoms with Crippen LogP contribution in [0.25, 0.3) is 0 Å². The molecule has 3 nitrogen and oxygen atoms in total. The predicted octanol–water partition coefficient (Wildman–Crippen LogP) is 5.49. The number of ether oxygens (including phenoxy) is 1. The van der Waals surface area contributed by atoms with Crippen LogP contribution in [0.2, 0.25) is 0 Å². The zero-order chi connectivity index (χ0) is 21.5. The topological polar surface area (TPSA) is 49.7 Å². The summed E-state index contributed by atoms with van der Waals surface area (Å²) in [5.74, 6) is 2.93. The van der Waals surface area contributed by atoms with Gasteiger partial charge in [0.15, 0.2) is 0 Å².